The molecule has 0 aromatic carbocycles. The average molecular weight is 212 g/mol. The number of likely N-dealkylation sites (tertiary alicyclic amines) is 1. The monoisotopic (exact) mass is 212 g/mol. The van der Waals surface area contributed by atoms with Gasteiger partial charge in [-0.15, -0.1) is 0 Å². The van der Waals surface area contributed by atoms with Crippen molar-refractivity contribution in [3.05, 3.63) is 0 Å². The summed E-state index contributed by atoms with van der Waals surface area (Å²) >= 11 is 0. The molecular formula is C8H16N6O. The lowest BCUT2D eigenvalue weighted by Gasteiger charge is -2.16. The lowest BCUT2D eigenvalue weighted by molar-refractivity contribution is -0.119. The van der Waals surface area contributed by atoms with Gasteiger partial charge in [-0.25, -0.2) is 0 Å². The van der Waals surface area contributed by atoms with Gasteiger partial charge in [0, 0.05) is 26.1 Å². The maximum absolute atomic E-state index is 10.8. The second-order valence-electron chi connectivity index (χ2n) is 3.49. The highest BCUT2D eigenvalue weighted by atomic mass is 16.1. The van der Waals surface area contributed by atoms with Crippen LogP contribution < -0.4 is 16.8 Å². The van der Waals surface area contributed by atoms with Gasteiger partial charge in [0.2, 0.25) is 11.9 Å². The zero-order chi connectivity index (χ0) is 11.4. The van der Waals surface area contributed by atoms with Gasteiger partial charge in [-0.05, 0) is 6.42 Å². The minimum absolute atomic E-state index is 0.0443. The summed E-state index contributed by atoms with van der Waals surface area (Å²) in [4.78, 5) is 16.2. The van der Waals surface area contributed by atoms with Gasteiger partial charge >= 0.3 is 0 Å². The smallest absolute Gasteiger partial charge is 0.221 e. The summed E-state index contributed by atoms with van der Waals surface area (Å²) in [7, 11) is 0. The predicted molar refractivity (Wildman–Crippen MR) is 57.3 cm³/mol. The number of hydrogen-bond acceptors (Lipinski definition) is 2. The highest BCUT2D eigenvalue weighted by molar-refractivity contribution is 5.91. The van der Waals surface area contributed by atoms with Crippen molar-refractivity contribution < 1.29 is 4.79 Å². The third kappa shape index (κ3) is 3.45. The molecule has 0 spiro atoms. The quantitative estimate of drug-likeness (QED) is 0.309. The van der Waals surface area contributed by atoms with Gasteiger partial charge in [0.15, 0.2) is 5.96 Å². The van der Waals surface area contributed by atoms with Gasteiger partial charge in [0.25, 0.3) is 0 Å². The van der Waals surface area contributed by atoms with Crippen molar-refractivity contribution in [2.45, 2.75) is 19.4 Å². The van der Waals surface area contributed by atoms with Crippen molar-refractivity contribution in [1.82, 2.24) is 10.2 Å². The summed E-state index contributed by atoms with van der Waals surface area (Å²) in [6, 6.07) is 0.0806. The van der Waals surface area contributed by atoms with E-state index in [0.29, 0.717) is 13.1 Å². The second kappa shape index (κ2) is 4.63. The van der Waals surface area contributed by atoms with Crippen LogP contribution in [0.4, 0.5) is 0 Å². The Balaban J connectivity index is 2.46. The van der Waals surface area contributed by atoms with Crippen molar-refractivity contribution in [3.8, 4) is 0 Å². The van der Waals surface area contributed by atoms with Crippen molar-refractivity contribution in [2.24, 2.45) is 16.5 Å². The van der Waals surface area contributed by atoms with Crippen LogP contribution >= 0.6 is 0 Å². The van der Waals surface area contributed by atoms with Crippen LogP contribution in [0.15, 0.2) is 4.99 Å². The van der Waals surface area contributed by atoms with E-state index in [1.807, 2.05) is 0 Å². The second-order valence-corrected chi connectivity index (χ2v) is 3.49. The minimum Gasteiger partial charge on any atom is -0.370 e. The fourth-order valence-corrected chi connectivity index (χ4v) is 1.55. The zero-order valence-electron chi connectivity index (χ0n) is 8.66. The van der Waals surface area contributed by atoms with E-state index in [4.69, 9.17) is 16.9 Å². The minimum atomic E-state index is -0.122. The van der Waals surface area contributed by atoms with Gasteiger partial charge in [-0.1, -0.05) is 0 Å². The van der Waals surface area contributed by atoms with Crippen LogP contribution in [-0.4, -0.2) is 41.9 Å². The Morgan fingerprint density at radius 2 is 2.27 bits per heavy atom. The number of nitrogens with zero attached hydrogens (tertiary/aromatic N) is 2. The molecule has 84 valence electrons. The van der Waals surface area contributed by atoms with E-state index in [-0.39, 0.29) is 23.9 Å². The summed E-state index contributed by atoms with van der Waals surface area (Å²) in [5, 5.41) is 10.3. The molecule has 1 atom stereocenters. The normalized spacial score (nSPS) is 19.8. The van der Waals surface area contributed by atoms with Crippen LogP contribution in [-0.2, 0) is 4.79 Å². The lowest BCUT2D eigenvalue weighted by atomic mass is 10.3. The Morgan fingerprint density at radius 1 is 1.60 bits per heavy atom. The highest BCUT2D eigenvalue weighted by Gasteiger charge is 2.24. The maximum Gasteiger partial charge on any atom is 0.221 e. The number of carbonyl (C=O) groups excluding carboxylic acids is 1. The lowest BCUT2D eigenvalue weighted by Crippen LogP contribution is -2.37. The molecule has 15 heavy (non-hydrogen) atoms. The molecule has 1 aliphatic heterocycles. The average Bonchev–Trinajstić information content (AvgIpc) is 2.50. The third-order valence-electron chi connectivity index (χ3n) is 2.13. The van der Waals surface area contributed by atoms with Crippen molar-refractivity contribution in [3.63, 3.8) is 0 Å². The van der Waals surface area contributed by atoms with E-state index >= 15 is 0 Å². The first-order valence-electron chi connectivity index (χ1n) is 4.69. The molecule has 0 aromatic heterocycles. The number of nitrogens with one attached hydrogen (secondary N) is 2. The number of carbonyl (C=O) groups is 1. The van der Waals surface area contributed by atoms with Crippen molar-refractivity contribution in [1.29, 1.82) is 5.41 Å². The van der Waals surface area contributed by atoms with Crippen molar-refractivity contribution >= 4 is 17.8 Å². The molecule has 0 radical (unpaired) electrons. The van der Waals surface area contributed by atoms with E-state index in [9.17, 15) is 4.79 Å². The Labute approximate surface area is 88.0 Å². The topological polar surface area (TPSA) is 121 Å². The number of nitrogens with two attached hydrogens (primary N) is 2. The number of amides is 1. The molecule has 1 unspecified atom stereocenters. The van der Waals surface area contributed by atoms with Crippen LogP contribution in [0.25, 0.3) is 0 Å². The molecule has 1 heterocycles. The third-order valence-corrected chi connectivity index (χ3v) is 2.13. The van der Waals surface area contributed by atoms with Gasteiger partial charge in [0.05, 0.1) is 0 Å². The van der Waals surface area contributed by atoms with E-state index in [2.05, 4.69) is 10.3 Å². The molecule has 1 rings (SSSR count). The van der Waals surface area contributed by atoms with Crippen LogP contribution in [0.1, 0.15) is 13.3 Å². The van der Waals surface area contributed by atoms with Crippen LogP contribution in [0.5, 0.6) is 0 Å². The molecule has 0 aromatic rings. The van der Waals surface area contributed by atoms with Gasteiger partial charge in [-0.2, -0.15) is 4.99 Å². The molecule has 7 nitrogen and oxygen atoms in total. The zero-order valence-corrected chi connectivity index (χ0v) is 8.66. The molecule has 6 N–H and O–H groups in total. The van der Waals surface area contributed by atoms with E-state index in [0.717, 1.165) is 6.42 Å². The molecule has 0 aliphatic carbocycles. The number of hydrogen-bond donors (Lipinski definition) is 4. The fraction of sp³-hybridized carbons (Fsp3) is 0.625. The van der Waals surface area contributed by atoms with E-state index < -0.39 is 0 Å². The molecule has 0 saturated carbocycles. The van der Waals surface area contributed by atoms with Crippen molar-refractivity contribution in [2.75, 3.05) is 13.1 Å². The summed E-state index contributed by atoms with van der Waals surface area (Å²) in [6.07, 6.45) is 0.807. The molecule has 0 bridgehead atoms. The first kappa shape index (κ1) is 11.3. The first-order valence-corrected chi connectivity index (χ1v) is 4.69. The molecule has 1 amide bonds. The van der Waals surface area contributed by atoms with Gasteiger partial charge < -0.3 is 21.7 Å². The summed E-state index contributed by atoms with van der Waals surface area (Å²) in [5.41, 5.74) is 10.3. The maximum atomic E-state index is 10.8. The predicted octanol–water partition coefficient (Wildman–Crippen LogP) is -1.60. The highest BCUT2D eigenvalue weighted by Crippen LogP contribution is 2.09. The summed E-state index contributed by atoms with van der Waals surface area (Å²) in [6.45, 7) is 2.74. The molecular weight excluding hydrogens is 196 g/mol. The summed E-state index contributed by atoms with van der Waals surface area (Å²) < 4.78 is 0. The standard InChI is InChI=1S/C8H16N6O/c1-5(15)12-6-2-3-14(4-6)8(11)13-7(9)10/h6H,2-4H2,1H3,(H,12,15)(H5,9,10,11,13). The number of aliphatic imine (C=N–C) groups is 1. The number of rotatable bonds is 1. The Kier molecular flexibility index (Phi) is 3.48. The van der Waals surface area contributed by atoms with Crippen LogP contribution in [0.2, 0.25) is 0 Å². The number of guanidine groups is 2. The Morgan fingerprint density at radius 3 is 2.80 bits per heavy atom. The summed E-state index contributed by atoms with van der Waals surface area (Å²) in [5.74, 6) is -0.138. The van der Waals surface area contributed by atoms with Gasteiger partial charge in [-0.3, -0.25) is 10.2 Å². The molecule has 7 heteroatoms. The molecule has 1 aliphatic rings. The fourth-order valence-electron chi connectivity index (χ4n) is 1.55. The molecule has 1 fully saturated rings. The largest absolute Gasteiger partial charge is 0.370 e. The van der Waals surface area contributed by atoms with E-state index in [1.165, 1.54) is 6.92 Å². The SMILES string of the molecule is CC(=O)NC1CCN(C(=N)N=C(N)N)C1. The van der Waals surface area contributed by atoms with Crippen LogP contribution in [0, 0.1) is 5.41 Å². The molecule has 1 saturated heterocycles. The van der Waals surface area contributed by atoms with Crippen LogP contribution in [0.3, 0.4) is 0 Å². The van der Waals surface area contributed by atoms with E-state index in [1.54, 1.807) is 4.90 Å². The Hall–Kier alpha value is -1.79. The van der Waals surface area contributed by atoms with Gasteiger partial charge in [0.1, 0.15) is 0 Å². The Bertz CT molecular complexity index is 296. The first-order chi connectivity index (χ1) is 6.99.